The number of hydrogen-bond donors (Lipinski definition) is 8. The van der Waals surface area contributed by atoms with E-state index in [1.54, 1.807) is 0 Å². The number of rotatable bonds is 1. The Hall–Kier alpha value is 1.24. The molecule has 0 aromatic heterocycles. The van der Waals surface area contributed by atoms with Gasteiger partial charge in [-0.25, -0.2) is 74.5 Å². The summed E-state index contributed by atoms with van der Waals surface area (Å²) in [6.07, 6.45) is 0. The van der Waals surface area contributed by atoms with Crippen LogP contribution in [0, 0.1) is 52.8 Å². The van der Waals surface area contributed by atoms with E-state index in [-0.39, 0.29) is 34.1 Å². The van der Waals surface area contributed by atoms with Crippen molar-refractivity contribution in [2.24, 2.45) is 11.8 Å². The van der Waals surface area contributed by atoms with Crippen molar-refractivity contribution in [3.8, 4) is 0 Å². The van der Waals surface area contributed by atoms with E-state index in [2.05, 4.69) is 42.5 Å². The molecule has 30 heteroatoms. The van der Waals surface area contributed by atoms with Crippen molar-refractivity contribution >= 4 is 0 Å². The molecule has 2 heterocycles. The molecule has 0 atom stereocenters. The molecule has 0 amide bonds. The van der Waals surface area contributed by atoms with Crippen molar-refractivity contribution in [3.63, 3.8) is 0 Å². The van der Waals surface area contributed by atoms with Crippen molar-refractivity contribution < 1.29 is 150 Å². The second kappa shape index (κ2) is 35.3. The van der Waals surface area contributed by atoms with Crippen molar-refractivity contribution in [2.45, 2.75) is 0 Å². The predicted octanol–water partition coefficient (Wildman–Crippen LogP) is -22.1. The molecule has 300 valence electrons. The van der Waals surface area contributed by atoms with E-state index in [0.717, 1.165) is 105 Å². The van der Waals surface area contributed by atoms with Crippen LogP contribution in [0.4, 0.5) is 0 Å². The minimum atomic E-state index is -4.94. The monoisotopic (exact) mass is 892 g/mol. The van der Waals surface area contributed by atoms with Crippen molar-refractivity contribution in [3.05, 3.63) is 0 Å². The smallest absolute Gasteiger partial charge is 0.315 e. The molecule has 2 rings (SSSR count). The van der Waals surface area contributed by atoms with Gasteiger partial charge in [0, 0.05) is 78.5 Å². The zero-order valence-electron chi connectivity index (χ0n) is 25.1. The van der Waals surface area contributed by atoms with E-state index in [1.807, 2.05) is 0 Å². The minimum Gasteiger partial charge on any atom is -0.315 e. The third-order valence-electron chi connectivity index (χ3n) is 5.16. The van der Waals surface area contributed by atoms with Crippen LogP contribution in [0.1, 0.15) is 0 Å². The summed E-state index contributed by atoms with van der Waals surface area (Å²) in [5.41, 5.74) is 0. The van der Waals surface area contributed by atoms with Crippen LogP contribution in [0.25, 0.3) is 0 Å². The molecule has 2 fully saturated rings. The van der Waals surface area contributed by atoms with Crippen LogP contribution in [0.15, 0.2) is 0 Å². The van der Waals surface area contributed by atoms with Gasteiger partial charge in [-0.15, -0.1) is 41.0 Å². The molecule has 2 aliphatic heterocycles. The summed E-state index contributed by atoms with van der Waals surface area (Å²) < 4.78 is 136. The van der Waals surface area contributed by atoms with Gasteiger partial charge in [-0.1, -0.05) is 0 Å². The summed E-state index contributed by atoms with van der Waals surface area (Å²) in [5, 5.41) is 28.6. The quantitative estimate of drug-likeness (QED) is 0.113. The maximum atomic E-state index is 8.49. The first kappa shape index (κ1) is 58.5. The van der Waals surface area contributed by atoms with E-state index < -0.39 is 41.0 Å². The van der Waals surface area contributed by atoms with Crippen LogP contribution >= 0.6 is 0 Å². The summed E-state index contributed by atoms with van der Waals surface area (Å²) in [6.45, 7) is 16.8. The van der Waals surface area contributed by atoms with Gasteiger partial charge in [0.25, 0.3) is 0 Å². The SMILES string of the molecule is C1CNCCNCC(C2CNCCNCCNCCNC2)CNCCN1.[Cu+2].[Cu+2].[O-][Cl+3]([O-])([O-])[O-].[O-][Cl+3]([O-])([O-])[O-].[O-][Cl+3]([O-])([O-])[O-].[O-][Cl+3]([O-])([O-])[O-]. The Morgan fingerprint density at radius 2 is 0.354 bits per heavy atom. The van der Waals surface area contributed by atoms with E-state index >= 15 is 0 Å². The normalized spacial score (nSPS) is 19.2. The third-order valence-corrected chi connectivity index (χ3v) is 5.16. The molecule has 0 bridgehead atoms. The number of hydrogen-bond acceptors (Lipinski definition) is 24. The van der Waals surface area contributed by atoms with Gasteiger partial charge in [0.2, 0.25) is 0 Å². The summed E-state index contributed by atoms with van der Waals surface area (Å²) in [6, 6.07) is 0. The summed E-state index contributed by atoms with van der Waals surface area (Å²) in [7, 11) is -19.8. The molecule has 24 nitrogen and oxygen atoms in total. The predicted molar refractivity (Wildman–Crippen MR) is 110 cm³/mol. The van der Waals surface area contributed by atoms with Crippen molar-refractivity contribution in [2.75, 3.05) is 105 Å². The molecule has 8 N–H and O–H groups in total. The average Bonchev–Trinajstić information content (AvgIpc) is 2.88. The molecular formula is C18H42Cl4Cu2N8O16. The van der Waals surface area contributed by atoms with Crippen LogP contribution in [-0.2, 0) is 34.1 Å². The second-order valence-corrected chi connectivity index (χ2v) is 11.9. The van der Waals surface area contributed by atoms with E-state index in [9.17, 15) is 0 Å². The van der Waals surface area contributed by atoms with Crippen LogP contribution < -0.4 is 117 Å². The minimum absolute atomic E-state index is 0. The van der Waals surface area contributed by atoms with Gasteiger partial charge < -0.3 is 42.5 Å². The molecule has 0 aromatic carbocycles. The maximum Gasteiger partial charge on any atom is 2.00 e. The van der Waals surface area contributed by atoms with Gasteiger partial charge in [-0.05, 0) is 38.0 Å². The van der Waals surface area contributed by atoms with Gasteiger partial charge in [0.1, 0.15) is 0 Å². The first-order chi connectivity index (χ1) is 21.0. The van der Waals surface area contributed by atoms with E-state index in [1.165, 1.54) is 0 Å². The maximum absolute atomic E-state index is 8.49. The average molecular weight is 895 g/mol. The zero-order valence-corrected chi connectivity index (χ0v) is 30.0. The Balaban J connectivity index is -0.000000229. The molecule has 0 aliphatic carbocycles. The number of nitrogens with one attached hydrogen (secondary N) is 8. The van der Waals surface area contributed by atoms with Crippen molar-refractivity contribution in [1.82, 2.24) is 42.5 Å². The Labute approximate surface area is 307 Å². The molecule has 2 saturated heterocycles. The standard InChI is InChI=1S/C18H42N8.4ClHO4.2Cu/c1-2-20-6-10-24-14-17(13-23-9-5-19-1)18-15-25-11-7-21-3-4-22-8-12-26-16-18;4*2-1(3,4)5;;/h17-26H,1-16H2;4*(H,2,3,4,5);;/q;;;;;2*+2/p-4. The molecule has 2 aliphatic rings. The van der Waals surface area contributed by atoms with Crippen molar-refractivity contribution in [1.29, 1.82) is 0 Å². The first-order valence-corrected chi connectivity index (χ1v) is 18.0. The van der Waals surface area contributed by atoms with Crippen LogP contribution in [-0.4, -0.2) is 105 Å². The molecule has 0 aromatic rings. The Kier molecular flexibility index (Phi) is 43.0. The Bertz CT molecular complexity index is 549. The Morgan fingerprint density at radius 1 is 0.250 bits per heavy atom. The number of halogens is 4. The van der Waals surface area contributed by atoms with Crippen LogP contribution in [0.3, 0.4) is 0 Å². The fourth-order valence-electron chi connectivity index (χ4n) is 3.52. The third kappa shape index (κ3) is 81.3. The van der Waals surface area contributed by atoms with E-state index in [4.69, 9.17) is 74.5 Å². The molecule has 0 saturated carbocycles. The summed E-state index contributed by atoms with van der Waals surface area (Å²) in [4.78, 5) is 0. The largest absolute Gasteiger partial charge is 2.00 e. The van der Waals surface area contributed by atoms with Crippen LogP contribution in [0.2, 0.25) is 0 Å². The Morgan fingerprint density at radius 3 is 0.479 bits per heavy atom. The van der Waals surface area contributed by atoms with Crippen LogP contribution in [0.5, 0.6) is 0 Å². The van der Waals surface area contributed by atoms with Gasteiger partial charge in [0.05, 0.1) is 0 Å². The van der Waals surface area contributed by atoms with Gasteiger partial charge in [0.15, 0.2) is 0 Å². The molecule has 0 spiro atoms. The fraction of sp³-hybridized carbons (Fsp3) is 1.00. The topological polar surface area (TPSA) is 465 Å². The first-order valence-electron chi connectivity index (χ1n) is 13.1. The molecule has 0 unspecified atom stereocenters. The molecule has 48 heavy (non-hydrogen) atoms. The second-order valence-electron chi connectivity index (χ2n) is 8.85. The summed E-state index contributed by atoms with van der Waals surface area (Å²) in [5.74, 6) is 1.25. The van der Waals surface area contributed by atoms with Gasteiger partial charge in [-0.3, -0.25) is 0 Å². The summed E-state index contributed by atoms with van der Waals surface area (Å²) >= 11 is 0. The molecule has 2 radical (unpaired) electrons. The zero-order chi connectivity index (χ0) is 36.1. The van der Waals surface area contributed by atoms with Gasteiger partial charge >= 0.3 is 34.1 Å². The van der Waals surface area contributed by atoms with E-state index in [0.29, 0.717) is 11.8 Å². The van der Waals surface area contributed by atoms with Gasteiger partial charge in [-0.2, -0.15) is 0 Å². The fourth-order valence-corrected chi connectivity index (χ4v) is 3.52. The molecular weight excluding hydrogens is 853 g/mol.